The second-order valence-electron chi connectivity index (χ2n) is 3.58. The number of aromatic hydroxyl groups is 1. The predicted molar refractivity (Wildman–Crippen MR) is 61.3 cm³/mol. The quantitative estimate of drug-likeness (QED) is 0.778. The van der Waals surface area contributed by atoms with Gasteiger partial charge < -0.3 is 10.2 Å². The number of fused-ring (bicyclic) bond motifs is 1. The lowest BCUT2D eigenvalue weighted by atomic mass is 10.0. The van der Waals surface area contributed by atoms with E-state index in [4.69, 9.17) is 11.6 Å². The third kappa shape index (κ3) is 1.91. The van der Waals surface area contributed by atoms with E-state index >= 15 is 0 Å². The summed E-state index contributed by atoms with van der Waals surface area (Å²) in [5.74, 6) is 0.111. The van der Waals surface area contributed by atoms with E-state index in [2.05, 4.69) is 0 Å². The number of phenols is 1. The Kier molecular flexibility index (Phi) is 2.55. The normalized spacial score (nSPS) is 13.0. The van der Waals surface area contributed by atoms with Crippen LogP contribution in [0.3, 0.4) is 0 Å². The highest BCUT2D eigenvalue weighted by molar-refractivity contribution is 6.31. The largest absolute Gasteiger partial charge is 0.508 e. The molecule has 0 spiro atoms. The zero-order chi connectivity index (χ0) is 11.0. The topological polar surface area (TPSA) is 40.5 Å². The van der Waals surface area contributed by atoms with Crippen molar-refractivity contribution in [2.24, 2.45) is 0 Å². The number of hydrogen-bond donors (Lipinski definition) is 2. The summed E-state index contributed by atoms with van der Waals surface area (Å²) in [5, 5.41) is 21.6. The molecule has 0 aliphatic carbocycles. The first kappa shape index (κ1) is 10.3. The number of halogens is 1. The van der Waals surface area contributed by atoms with E-state index in [0.717, 1.165) is 10.8 Å². The van der Waals surface area contributed by atoms with Gasteiger partial charge in [0.05, 0.1) is 6.10 Å². The maximum absolute atomic E-state index is 9.66. The van der Waals surface area contributed by atoms with E-state index in [0.29, 0.717) is 10.6 Å². The molecule has 2 aromatic carbocycles. The second kappa shape index (κ2) is 3.72. The molecular formula is C12H11ClO2. The van der Waals surface area contributed by atoms with Crippen molar-refractivity contribution in [1.82, 2.24) is 0 Å². The molecular weight excluding hydrogens is 212 g/mol. The smallest absolute Gasteiger partial charge is 0.122 e. The molecule has 0 bridgehead atoms. The van der Waals surface area contributed by atoms with Crippen LogP contribution >= 0.6 is 11.6 Å². The van der Waals surface area contributed by atoms with Gasteiger partial charge in [-0.2, -0.15) is 0 Å². The minimum atomic E-state index is -0.687. The Morgan fingerprint density at radius 2 is 1.87 bits per heavy atom. The van der Waals surface area contributed by atoms with Gasteiger partial charge in [-0.05, 0) is 42.0 Å². The van der Waals surface area contributed by atoms with Crippen LogP contribution in [0.5, 0.6) is 5.75 Å². The van der Waals surface area contributed by atoms with Gasteiger partial charge in [-0.15, -0.1) is 0 Å². The Balaban J connectivity index is 2.72. The average Bonchev–Trinajstić information content (AvgIpc) is 2.17. The number of hydrogen-bond acceptors (Lipinski definition) is 2. The molecule has 0 saturated carbocycles. The lowest BCUT2D eigenvalue weighted by molar-refractivity contribution is 0.195. The molecule has 0 radical (unpaired) electrons. The molecule has 2 aromatic rings. The van der Waals surface area contributed by atoms with Crippen molar-refractivity contribution in [3.8, 4) is 5.75 Å². The highest BCUT2D eigenvalue weighted by Gasteiger charge is 2.08. The minimum absolute atomic E-state index is 0.111. The molecule has 2 N–H and O–H groups in total. The maximum Gasteiger partial charge on any atom is 0.122 e. The van der Waals surface area contributed by atoms with Gasteiger partial charge in [0.1, 0.15) is 5.75 Å². The number of aliphatic hydroxyl groups is 1. The van der Waals surface area contributed by atoms with E-state index in [1.165, 1.54) is 0 Å². The fraction of sp³-hybridized carbons (Fsp3) is 0.167. The molecule has 15 heavy (non-hydrogen) atoms. The summed E-state index contributed by atoms with van der Waals surface area (Å²) in [6.07, 6.45) is -0.687. The highest BCUT2D eigenvalue weighted by atomic mass is 35.5. The molecule has 0 amide bonds. The van der Waals surface area contributed by atoms with E-state index in [-0.39, 0.29) is 5.75 Å². The van der Waals surface area contributed by atoms with Gasteiger partial charge >= 0.3 is 0 Å². The molecule has 2 nitrogen and oxygen atoms in total. The highest BCUT2D eigenvalue weighted by Crippen LogP contribution is 2.30. The molecule has 0 aliphatic heterocycles. The number of aliphatic hydroxyl groups excluding tert-OH is 1. The van der Waals surface area contributed by atoms with E-state index in [1.54, 1.807) is 25.1 Å². The van der Waals surface area contributed by atoms with Crippen molar-refractivity contribution in [1.29, 1.82) is 0 Å². The first-order chi connectivity index (χ1) is 7.08. The zero-order valence-electron chi connectivity index (χ0n) is 8.24. The fourth-order valence-electron chi connectivity index (χ4n) is 1.61. The summed E-state index contributed by atoms with van der Waals surface area (Å²) in [5.41, 5.74) is 0.518. The molecule has 0 aliphatic rings. The van der Waals surface area contributed by atoms with Crippen molar-refractivity contribution < 1.29 is 10.2 Å². The first-order valence-electron chi connectivity index (χ1n) is 4.68. The Morgan fingerprint density at radius 3 is 2.53 bits per heavy atom. The standard InChI is InChI=1S/C12H11ClO2/c1-7(14)11-5-9-4-10(13)3-2-8(9)6-12(11)15/h2-7,14-15H,1H3. The Labute approximate surface area is 92.7 Å². The van der Waals surface area contributed by atoms with Gasteiger partial charge in [-0.1, -0.05) is 17.7 Å². The SMILES string of the molecule is CC(O)c1cc2cc(Cl)ccc2cc1O. The molecule has 0 heterocycles. The molecule has 0 fully saturated rings. The molecule has 0 saturated heterocycles. The van der Waals surface area contributed by atoms with E-state index in [9.17, 15) is 10.2 Å². The molecule has 0 aromatic heterocycles. The summed E-state index contributed by atoms with van der Waals surface area (Å²) >= 11 is 5.87. The van der Waals surface area contributed by atoms with E-state index in [1.807, 2.05) is 12.1 Å². The summed E-state index contributed by atoms with van der Waals surface area (Å²) in [6, 6.07) is 8.80. The van der Waals surface area contributed by atoms with Gasteiger partial charge in [0.2, 0.25) is 0 Å². The number of phenolic OH excluding ortho intramolecular Hbond substituents is 1. The fourth-order valence-corrected chi connectivity index (χ4v) is 1.79. The van der Waals surface area contributed by atoms with Gasteiger partial charge in [0.15, 0.2) is 0 Å². The lowest BCUT2D eigenvalue weighted by Gasteiger charge is -2.09. The number of benzene rings is 2. The summed E-state index contributed by atoms with van der Waals surface area (Å²) in [6.45, 7) is 1.62. The van der Waals surface area contributed by atoms with Crippen molar-refractivity contribution in [3.63, 3.8) is 0 Å². The Hall–Kier alpha value is -1.25. The monoisotopic (exact) mass is 222 g/mol. The van der Waals surface area contributed by atoms with Crippen LogP contribution in [0.15, 0.2) is 30.3 Å². The molecule has 1 atom stereocenters. The second-order valence-corrected chi connectivity index (χ2v) is 4.01. The van der Waals surface area contributed by atoms with Gasteiger partial charge in [-0.25, -0.2) is 0 Å². The van der Waals surface area contributed by atoms with Crippen molar-refractivity contribution >= 4 is 22.4 Å². The third-order valence-corrected chi connectivity index (χ3v) is 2.63. The number of rotatable bonds is 1. The Morgan fingerprint density at radius 1 is 1.13 bits per heavy atom. The first-order valence-corrected chi connectivity index (χ1v) is 5.06. The van der Waals surface area contributed by atoms with E-state index < -0.39 is 6.10 Å². The summed E-state index contributed by atoms with van der Waals surface area (Å²) < 4.78 is 0. The molecule has 2 rings (SSSR count). The van der Waals surface area contributed by atoms with Gasteiger partial charge in [-0.3, -0.25) is 0 Å². The van der Waals surface area contributed by atoms with Gasteiger partial charge in [0, 0.05) is 10.6 Å². The average molecular weight is 223 g/mol. The maximum atomic E-state index is 9.66. The van der Waals surface area contributed by atoms with Crippen molar-refractivity contribution in [2.75, 3.05) is 0 Å². The lowest BCUT2D eigenvalue weighted by Crippen LogP contribution is -1.91. The van der Waals surface area contributed by atoms with Crippen molar-refractivity contribution in [2.45, 2.75) is 13.0 Å². The third-order valence-electron chi connectivity index (χ3n) is 2.40. The van der Waals surface area contributed by atoms with Crippen LogP contribution < -0.4 is 0 Å². The Bertz CT molecular complexity index is 506. The van der Waals surface area contributed by atoms with Crippen LogP contribution in [-0.4, -0.2) is 10.2 Å². The summed E-state index contributed by atoms with van der Waals surface area (Å²) in [4.78, 5) is 0. The minimum Gasteiger partial charge on any atom is -0.508 e. The van der Waals surface area contributed by atoms with Crippen LogP contribution in [0.25, 0.3) is 10.8 Å². The van der Waals surface area contributed by atoms with Crippen LogP contribution in [0.2, 0.25) is 5.02 Å². The van der Waals surface area contributed by atoms with Crippen LogP contribution in [0.1, 0.15) is 18.6 Å². The zero-order valence-corrected chi connectivity index (χ0v) is 8.99. The molecule has 1 unspecified atom stereocenters. The van der Waals surface area contributed by atoms with Gasteiger partial charge in [0.25, 0.3) is 0 Å². The summed E-state index contributed by atoms with van der Waals surface area (Å²) in [7, 11) is 0. The van der Waals surface area contributed by atoms with Crippen molar-refractivity contribution in [3.05, 3.63) is 40.9 Å². The molecule has 3 heteroatoms. The molecule has 78 valence electrons. The van der Waals surface area contributed by atoms with Crippen LogP contribution in [0.4, 0.5) is 0 Å². The van der Waals surface area contributed by atoms with Crippen LogP contribution in [0, 0.1) is 0 Å². The predicted octanol–water partition coefficient (Wildman–Crippen LogP) is 3.25. The van der Waals surface area contributed by atoms with Crippen LogP contribution in [-0.2, 0) is 0 Å².